The lowest BCUT2D eigenvalue weighted by Crippen LogP contribution is -2.36. The van der Waals surface area contributed by atoms with Gasteiger partial charge in [-0.1, -0.05) is 59.6 Å². The van der Waals surface area contributed by atoms with Crippen molar-refractivity contribution in [1.29, 1.82) is 0 Å². The quantitative estimate of drug-likeness (QED) is 0.103. The van der Waals surface area contributed by atoms with Crippen LogP contribution in [0.15, 0.2) is 67.0 Å². The number of carbonyl (C=O) groups excluding carboxylic acids is 2. The van der Waals surface area contributed by atoms with Gasteiger partial charge in [-0.2, -0.15) is 0 Å². The lowest BCUT2D eigenvalue weighted by molar-refractivity contribution is -0.904. The summed E-state index contributed by atoms with van der Waals surface area (Å²) in [6.07, 6.45) is 4.46. The number of aromatic carboxylic acids is 1. The van der Waals surface area contributed by atoms with Crippen LogP contribution in [0.4, 0.5) is 0 Å². The number of carboxylic acids is 1. The van der Waals surface area contributed by atoms with E-state index >= 15 is 0 Å². The molecule has 1 saturated heterocycles. The molecule has 2 aromatic carbocycles. The Morgan fingerprint density at radius 1 is 1.02 bits per heavy atom. The fourth-order valence-corrected chi connectivity index (χ4v) is 7.71. The average Bonchev–Trinajstić information content (AvgIpc) is 3.52. The van der Waals surface area contributed by atoms with E-state index in [0.29, 0.717) is 22.6 Å². The van der Waals surface area contributed by atoms with Gasteiger partial charge in [0, 0.05) is 46.8 Å². The van der Waals surface area contributed by atoms with Crippen molar-refractivity contribution in [3.05, 3.63) is 109 Å². The molecule has 1 unspecified atom stereocenters. The van der Waals surface area contributed by atoms with Gasteiger partial charge in [0.2, 0.25) is 12.4 Å². The first kappa shape index (κ1) is 36.4. The van der Waals surface area contributed by atoms with Gasteiger partial charge in [-0.15, -0.1) is 11.3 Å². The third-order valence-corrected chi connectivity index (χ3v) is 10.5. The zero-order valence-corrected chi connectivity index (χ0v) is 29.8. The summed E-state index contributed by atoms with van der Waals surface area (Å²) in [6.45, 7) is 2.05. The number of piperidine rings is 1. The third-order valence-electron chi connectivity index (χ3n) is 8.72. The normalized spacial score (nSPS) is 15.0. The zero-order valence-electron chi connectivity index (χ0n) is 27.5. The van der Waals surface area contributed by atoms with Crippen molar-refractivity contribution in [3.8, 4) is 11.5 Å². The van der Waals surface area contributed by atoms with Crippen molar-refractivity contribution in [2.45, 2.75) is 50.3 Å². The molecule has 0 bridgehead atoms. The van der Waals surface area contributed by atoms with Crippen LogP contribution >= 0.6 is 34.5 Å². The number of aromatic nitrogens is 1. The van der Waals surface area contributed by atoms with Gasteiger partial charge in [0.15, 0.2) is 11.5 Å². The van der Waals surface area contributed by atoms with Crippen LogP contribution in [0.25, 0.3) is 0 Å². The molecule has 10 nitrogen and oxygen atoms in total. The Bertz CT molecular complexity index is 1740. The minimum absolute atomic E-state index is 0.0509. The molecule has 1 aliphatic rings. The number of esters is 1. The highest BCUT2D eigenvalue weighted by atomic mass is 35.5. The fourth-order valence-electron chi connectivity index (χ4n) is 6.10. The molecule has 49 heavy (non-hydrogen) atoms. The van der Waals surface area contributed by atoms with Gasteiger partial charge in [-0.05, 0) is 61.2 Å². The predicted octanol–water partition coefficient (Wildman–Crippen LogP) is 5.19. The number of methoxy groups -OCH3 is 2. The first-order valence-corrected chi connectivity index (χ1v) is 17.4. The van der Waals surface area contributed by atoms with Crippen LogP contribution in [0.5, 0.6) is 11.5 Å². The number of hydrogen-bond acceptors (Lipinski definition) is 10. The Kier molecular flexibility index (Phi) is 12.4. The number of pyridine rings is 1. The second-order valence-corrected chi connectivity index (χ2v) is 14.0. The molecule has 1 fully saturated rings. The van der Waals surface area contributed by atoms with Crippen LogP contribution < -0.4 is 24.6 Å². The van der Waals surface area contributed by atoms with E-state index < -0.39 is 11.9 Å². The van der Waals surface area contributed by atoms with Crippen molar-refractivity contribution in [2.75, 3.05) is 34.4 Å². The van der Waals surface area contributed by atoms with Crippen molar-refractivity contribution in [2.24, 2.45) is 0 Å². The molecule has 3 heterocycles. The molecular weight excluding hydrogens is 689 g/mol. The van der Waals surface area contributed by atoms with Crippen LogP contribution in [0.3, 0.4) is 0 Å². The summed E-state index contributed by atoms with van der Waals surface area (Å²) in [4.78, 5) is 28.7. The molecule has 260 valence electrons. The molecule has 0 spiro atoms. The number of halogens is 2. The lowest BCUT2D eigenvalue weighted by Gasteiger charge is -2.29. The third kappa shape index (κ3) is 9.23. The molecule has 13 heteroatoms. The van der Waals surface area contributed by atoms with E-state index in [4.69, 9.17) is 37.4 Å². The van der Waals surface area contributed by atoms with Crippen molar-refractivity contribution >= 4 is 46.5 Å². The second-order valence-electron chi connectivity index (χ2n) is 12.0. The number of carboxylic acid groups (broad SMARTS) is 1. The number of hydrogen-bond donors (Lipinski definition) is 2. The van der Waals surface area contributed by atoms with Crippen LogP contribution in [0.2, 0.25) is 10.0 Å². The van der Waals surface area contributed by atoms with E-state index in [1.165, 1.54) is 26.6 Å². The van der Waals surface area contributed by atoms with Gasteiger partial charge in [-0.25, -0.2) is 0 Å². The van der Waals surface area contributed by atoms with Crippen molar-refractivity contribution < 1.29 is 38.8 Å². The van der Waals surface area contributed by atoms with Gasteiger partial charge in [0.1, 0.15) is 16.1 Å². The van der Waals surface area contributed by atoms with E-state index in [9.17, 15) is 19.9 Å². The summed E-state index contributed by atoms with van der Waals surface area (Å²) >= 11 is 14.2. The molecule has 1 aliphatic heterocycles. The lowest BCUT2D eigenvalue weighted by atomic mass is 9.85. The maximum atomic E-state index is 13.1. The number of benzene rings is 2. The van der Waals surface area contributed by atoms with Crippen LogP contribution in [0, 0.1) is 0 Å². The SMILES string of the molecule is COc1ccc([C@H](Cc2c(Cl)c[n+](O)cc2Cl)c2cc(CNC(CC(=O)OC3CCN(C)CC3)c3ccccc3)sc2C(=O)[O-])cc1OC. The predicted molar refractivity (Wildman–Crippen MR) is 185 cm³/mol. The van der Waals surface area contributed by atoms with Gasteiger partial charge in [0.05, 0.1) is 31.5 Å². The summed E-state index contributed by atoms with van der Waals surface area (Å²) < 4.78 is 17.6. The van der Waals surface area contributed by atoms with Crippen LogP contribution in [0.1, 0.15) is 68.0 Å². The summed E-state index contributed by atoms with van der Waals surface area (Å²) in [5, 5.41) is 26.5. The van der Waals surface area contributed by atoms with Crippen LogP contribution in [-0.2, 0) is 22.5 Å². The topological polar surface area (TPSA) is 124 Å². The van der Waals surface area contributed by atoms with Gasteiger partial charge < -0.3 is 34.3 Å². The second kappa shape index (κ2) is 16.7. The van der Waals surface area contributed by atoms with Crippen molar-refractivity contribution in [3.63, 3.8) is 0 Å². The highest BCUT2D eigenvalue weighted by Crippen LogP contribution is 2.41. The summed E-state index contributed by atoms with van der Waals surface area (Å²) in [6, 6.07) is 16.5. The Labute approximate surface area is 299 Å². The summed E-state index contributed by atoms with van der Waals surface area (Å²) in [7, 11) is 5.11. The van der Waals surface area contributed by atoms with E-state index in [1.54, 1.807) is 12.1 Å². The average molecular weight is 729 g/mol. The number of rotatable bonds is 14. The minimum Gasteiger partial charge on any atom is -0.544 e. The Morgan fingerprint density at radius 2 is 1.69 bits per heavy atom. The summed E-state index contributed by atoms with van der Waals surface area (Å²) in [5.41, 5.74) is 2.66. The highest BCUT2D eigenvalue weighted by Gasteiger charge is 2.28. The van der Waals surface area contributed by atoms with E-state index in [-0.39, 0.29) is 52.4 Å². The number of nitrogens with zero attached hydrogens (tertiary/aromatic N) is 2. The molecule has 2 atom stereocenters. The monoisotopic (exact) mass is 727 g/mol. The van der Waals surface area contributed by atoms with Crippen molar-refractivity contribution in [1.82, 2.24) is 10.2 Å². The molecule has 2 N–H and O–H groups in total. The largest absolute Gasteiger partial charge is 0.544 e. The summed E-state index contributed by atoms with van der Waals surface area (Å²) in [5.74, 6) is -1.19. The molecular formula is C36H39Cl2N3O7S. The molecule has 0 aliphatic carbocycles. The number of carbonyl (C=O) groups is 2. The van der Waals surface area contributed by atoms with Gasteiger partial charge >= 0.3 is 5.97 Å². The molecule has 0 radical (unpaired) electrons. The molecule has 0 saturated carbocycles. The number of thiophene rings is 1. The maximum Gasteiger partial charge on any atom is 0.307 e. The standard InChI is InChI=1S/C36H39Cl2N3O7S/c1-40-13-11-24(12-14-40)48-34(42)18-31(22-7-5-4-6-8-22)39-19-25-16-27(35(49-25)36(43)44)26(17-28-29(37)20-41(45)21-30(28)38)23-9-10-32(46-2)33(15-23)47-3/h4-10,15-16,20-21,24,26,31,39H,11-14,17-19H2,1-3H3,(H-,43,44,45)/t26-,31?/m0/s1. The van der Waals surface area contributed by atoms with Gasteiger partial charge in [0.25, 0.3) is 0 Å². The Balaban J connectivity index is 1.45. The van der Waals surface area contributed by atoms with E-state index in [0.717, 1.165) is 58.0 Å². The highest BCUT2D eigenvalue weighted by molar-refractivity contribution is 7.14. The Hall–Kier alpha value is -3.87. The molecule has 2 aromatic heterocycles. The number of ether oxygens (including phenoxy) is 3. The smallest absolute Gasteiger partial charge is 0.307 e. The molecule has 5 rings (SSSR count). The van der Waals surface area contributed by atoms with Crippen LogP contribution in [-0.4, -0.2) is 62.5 Å². The van der Waals surface area contributed by atoms with E-state index in [1.807, 2.05) is 42.5 Å². The number of nitrogens with one attached hydrogen (secondary N) is 1. The Morgan fingerprint density at radius 3 is 2.33 bits per heavy atom. The molecule has 4 aromatic rings. The fraction of sp³-hybridized carbons (Fsp3) is 0.361. The maximum absolute atomic E-state index is 13.1. The first-order valence-electron chi connectivity index (χ1n) is 15.9. The minimum atomic E-state index is -1.32. The zero-order chi connectivity index (χ0) is 35.1. The van der Waals surface area contributed by atoms with E-state index in [2.05, 4.69) is 17.3 Å². The van der Waals surface area contributed by atoms with Gasteiger partial charge in [-0.3, -0.25) is 10.0 Å². The number of likely N-dealkylation sites (tertiary alicyclic amines) is 1. The molecule has 0 amide bonds. The first-order chi connectivity index (χ1) is 23.6.